The van der Waals surface area contributed by atoms with Crippen LogP contribution in [-0.4, -0.2) is 11.6 Å². The van der Waals surface area contributed by atoms with Gasteiger partial charge in [-0.1, -0.05) is 65.2 Å². The van der Waals surface area contributed by atoms with Gasteiger partial charge in [-0.05, 0) is 58.8 Å². The summed E-state index contributed by atoms with van der Waals surface area (Å²) in [6.45, 7) is 8.39. The molecule has 1 rings (SSSR count). The lowest BCUT2D eigenvalue weighted by atomic mass is 9.82. The zero-order valence-corrected chi connectivity index (χ0v) is 16.9. The molecule has 1 saturated carbocycles. The van der Waals surface area contributed by atoms with Crippen LogP contribution in [0.5, 0.6) is 0 Å². The molecule has 2 nitrogen and oxygen atoms in total. The van der Waals surface area contributed by atoms with Gasteiger partial charge in [0.25, 0.3) is 0 Å². The summed E-state index contributed by atoms with van der Waals surface area (Å²) in [6, 6.07) is 0. The third kappa shape index (κ3) is 7.57. The Morgan fingerprint density at radius 2 is 1.42 bits per heavy atom. The predicted octanol–water partition coefficient (Wildman–Crippen LogP) is 7.20. The maximum Gasteiger partial charge on any atom is 0.312 e. The lowest BCUT2D eigenvalue weighted by Crippen LogP contribution is -2.40. The standard InChI is InChI=1S/C22H42O2/c1-5-7-8-9-11-14-17-22(18-15-12-10-13-16-19-22)24-20(23)21(3,4)6-2/h5-19H2,1-4H3. The number of carbonyl (C=O) groups is 1. The number of rotatable bonds is 10. The lowest BCUT2D eigenvalue weighted by molar-refractivity contribution is -0.174. The third-order valence-corrected chi connectivity index (χ3v) is 6.00. The van der Waals surface area contributed by atoms with Crippen LogP contribution in [0.1, 0.15) is 124 Å². The second-order valence-electron chi connectivity index (χ2n) is 8.60. The van der Waals surface area contributed by atoms with Crippen LogP contribution in [0.4, 0.5) is 0 Å². The average Bonchev–Trinajstić information content (AvgIpc) is 2.54. The number of carbonyl (C=O) groups excluding carboxylic acids is 1. The molecule has 0 aromatic heterocycles. The maximum atomic E-state index is 12.7. The summed E-state index contributed by atoms with van der Waals surface area (Å²) >= 11 is 0. The molecule has 0 amide bonds. The van der Waals surface area contributed by atoms with Crippen LogP contribution in [-0.2, 0) is 9.53 Å². The topological polar surface area (TPSA) is 26.3 Å². The van der Waals surface area contributed by atoms with Crippen LogP contribution in [0.15, 0.2) is 0 Å². The first-order valence-corrected chi connectivity index (χ1v) is 10.7. The monoisotopic (exact) mass is 338 g/mol. The molecule has 1 fully saturated rings. The van der Waals surface area contributed by atoms with Gasteiger partial charge < -0.3 is 4.74 Å². The van der Waals surface area contributed by atoms with Crippen molar-refractivity contribution in [2.75, 3.05) is 0 Å². The highest BCUT2D eigenvalue weighted by molar-refractivity contribution is 5.76. The highest BCUT2D eigenvalue weighted by Gasteiger charge is 2.38. The van der Waals surface area contributed by atoms with Gasteiger partial charge in [0.05, 0.1) is 5.41 Å². The van der Waals surface area contributed by atoms with Gasteiger partial charge in [-0.15, -0.1) is 0 Å². The normalized spacial score (nSPS) is 18.7. The van der Waals surface area contributed by atoms with Gasteiger partial charge in [0.1, 0.15) is 5.60 Å². The molecule has 1 aliphatic rings. The third-order valence-electron chi connectivity index (χ3n) is 6.00. The summed E-state index contributed by atoms with van der Waals surface area (Å²) in [5.41, 5.74) is -0.523. The van der Waals surface area contributed by atoms with E-state index in [0.29, 0.717) is 0 Å². The summed E-state index contributed by atoms with van der Waals surface area (Å²) in [6.07, 6.45) is 18.3. The molecule has 0 aliphatic heterocycles. The van der Waals surface area contributed by atoms with Gasteiger partial charge in [0.2, 0.25) is 0 Å². The molecule has 0 saturated heterocycles. The van der Waals surface area contributed by atoms with Crippen LogP contribution in [0.25, 0.3) is 0 Å². The van der Waals surface area contributed by atoms with E-state index in [-0.39, 0.29) is 17.0 Å². The van der Waals surface area contributed by atoms with E-state index in [4.69, 9.17) is 4.74 Å². The Labute approximate surface area is 151 Å². The molecule has 0 N–H and O–H groups in total. The molecule has 0 radical (unpaired) electrons. The SMILES string of the molecule is CCCCCCCCC1(OC(=O)C(C)(C)CC)CCCCCCC1. The molecule has 0 spiro atoms. The average molecular weight is 339 g/mol. The Morgan fingerprint density at radius 1 is 0.875 bits per heavy atom. The summed E-state index contributed by atoms with van der Waals surface area (Å²) in [5.74, 6) is 0.0246. The molecule has 0 unspecified atom stereocenters. The first-order chi connectivity index (χ1) is 11.5. The quantitative estimate of drug-likeness (QED) is 0.311. The van der Waals surface area contributed by atoms with Crippen molar-refractivity contribution in [2.45, 2.75) is 130 Å². The van der Waals surface area contributed by atoms with Crippen molar-refractivity contribution in [3.05, 3.63) is 0 Å². The van der Waals surface area contributed by atoms with Crippen LogP contribution in [0, 0.1) is 5.41 Å². The molecule has 2 heteroatoms. The number of hydrogen-bond donors (Lipinski definition) is 0. The second-order valence-corrected chi connectivity index (χ2v) is 8.60. The maximum absolute atomic E-state index is 12.7. The zero-order valence-electron chi connectivity index (χ0n) is 16.9. The molecule has 1 aliphatic carbocycles. The van der Waals surface area contributed by atoms with E-state index in [9.17, 15) is 4.79 Å². The zero-order chi connectivity index (χ0) is 17.9. The highest BCUT2D eigenvalue weighted by atomic mass is 16.6. The van der Waals surface area contributed by atoms with E-state index in [1.54, 1.807) is 0 Å². The van der Waals surface area contributed by atoms with Crippen molar-refractivity contribution in [3.63, 3.8) is 0 Å². The van der Waals surface area contributed by atoms with E-state index in [2.05, 4.69) is 13.8 Å². The molecular formula is C22H42O2. The number of hydrogen-bond acceptors (Lipinski definition) is 2. The predicted molar refractivity (Wildman–Crippen MR) is 103 cm³/mol. The minimum Gasteiger partial charge on any atom is -0.459 e. The van der Waals surface area contributed by atoms with Crippen molar-refractivity contribution in [1.29, 1.82) is 0 Å². The van der Waals surface area contributed by atoms with Crippen molar-refractivity contribution in [3.8, 4) is 0 Å². The fraction of sp³-hybridized carbons (Fsp3) is 0.955. The molecule has 24 heavy (non-hydrogen) atoms. The van der Waals surface area contributed by atoms with Gasteiger partial charge in [0, 0.05) is 0 Å². The molecule has 0 heterocycles. The highest BCUT2D eigenvalue weighted by Crippen LogP contribution is 2.37. The van der Waals surface area contributed by atoms with Gasteiger partial charge in [0.15, 0.2) is 0 Å². The summed E-state index contributed by atoms with van der Waals surface area (Å²) in [7, 11) is 0. The van der Waals surface area contributed by atoms with Gasteiger partial charge in [-0.25, -0.2) is 0 Å². The first kappa shape index (κ1) is 21.5. The lowest BCUT2D eigenvalue weighted by Gasteiger charge is -2.38. The smallest absolute Gasteiger partial charge is 0.312 e. The minimum atomic E-state index is -0.351. The Kier molecular flexibility index (Phi) is 10.0. The van der Waals surface area contributed by atoms with Crippen molar-refractivity contribution >= 4 is 5.97 Å². The van der Waals surface area contributed by atoms with Gasteiger partial charge in [-0.2, -0.15) is 0 Å². The summed E-state index contributed by atoms with van der Waals surface area (Å²) in [4.78, 5) is 12.7. The Bertz CT molecular complexity index is 338. The van der Waals surface area contributed by atoms with E-state index in [1.165, 1.54) is 70.6 Å². The number of unbranched alkanes of at least 4 members (excludes halogenated alkanes) is 5. The minimum absolute atomic E-state index is 0.0246. The van der Waals surface area contributed by atoms with Crippen LogP contribution in [0.2, 0.25) is 0 Å². The van der Waals surface area contributed by atoms with E-state index in [1.807, 2.05) is 13.8 Å². The fourth-order valence-electron chi connectivity index (χ4n) is 3.66. The first-order valence-electron chi connectivity index (χ1n) is 10.7. The van der Waals surface area contributed by atoms with E-state index >= 15 is 0 Å². The molecule has 0 aromatic carbocycles. The summed E-state index contributed by atoms with van der Waals surface area (Å²) in [5, 5.41) is 0. The van der Waals surface area contributed by atoms with E-state index < -0.39 is 0 Å². The number of ether oxygens (including phenoxy) is 1. The van der Waals surface area contributed by atoms with E-state index in [0.717, 1.165) is 25.7 Å². The molecular weight excluding hydrogens is 296 g/mol. The molecule has 0 atom stereocenters. The van der Waals surface area contributed by atoms with Crippen LogP contribution < -0.4 is 0 Å². The summed E-state index contributed by atoms with van der Waals surface area (Å²) < 4.78 is 6.26. The Balaban J connectivity index is 2.62. The van der Waals surface area contributed by atoms with Gasteiger partial charge >= 0.3 is 5.97 Å². The number of esters is 1. The molecule has 0 bridgehead atoms. The fourth-order valence-corrected chi connectivity index (χ4v) is 3.66. The Morgan fingerprint density at radius 3 is 2.00 bits per heavy atom. The van der Waals surface area contributed by atoms with Crippen LogP contribution >= 0.6 is 0 Å². The molecule has 0 aromatic rings. The van der Waals surface area contributed by atoms with Gasteiger partial charge in [-0.3, -0.25) is 4.79 Å². The Hall–Kier alpha value is -0.530. The molecule has 142 valence electrons. The van der Waals surface area contributed by atoms with Crippen molar-refractivity contribution in [1.82, 2.24) is 0 Å². The second kappa shape index (κ2) is 11.2. The largest absolute Gasteiger partial charge is 0.459 e. The van der Waals surface area contributed by atoms with Crippen molar-refractivity contribution < 1.29 is 9.53 Å². The van der Waals surface area contributed by atoms with Crippen molar-refractivity contribution in [2.24, 2.45) is 5.41 Å². The van der Waals surface area contributed by atoms with Crippen LogP contribution in [0.3, 0.4) is 0 Å².